The summed E-state index contributed by atoms with van der Waals surface area (Å²) in [6, 6.07) is 6.62. The van der Waals surface area contributed by atoms with E-state index in [1.807, 2.05) is 6.92 Å². The van der Waals surface area contributed by atoms with Gasteiger partial charge in [-0.05, 0) is 92.6 Å². The summed E-state index contributed by atoms with van der Waals surface area (Å²) in [5.41, 5.74) is 0.896. The number of rotatable bonds is 8. The van der Waals surface area contributed by atoms with Crippen LogP contribution in [0, 0.1) is 17.0 Å². The monoisotopic (exact) mass is 631 g/mol. The van der Waals surface area contributed by atoms with E-state index in [-0.39, 0.29) is 34.2 Å². The van der Waals surface area contributed by atoms with Gasteiger partial charge in [0.1, 0.15) is 28.6 Å². The molecule has 10 heteroatoms. The Morgan fingerprint density at radius 2 is 1.91 bits per heavy atom. The number of aryl methyl sites for hydroxylation is 1. The van der Waals surface area contributed by atoms with Gasteiger partial charge in [-0.25, -0.2) is 8.78 Å². The van der Waals surface area contributed by atoms with Gasteiger partial charge in [0, 0.05) is 42.9 Å². The first-order valence-electron chi connectivity index (χ1n) is 16.9. The zero-order valence-electron chi connectivity index (χ0n) is 26.8. The van der Waals surface area contributed by atoms with Crippen molar-refractivity contribution in [1.29, 1.82) is 0 Å². The van der Waals surface area contributed by atoms with Crippen LogP contribution in [0.4, 0.5) is 14.6 Å². The standard InChI is InChI=1S/C36H43F2N5O3/c1-3-13-42-14-6-12-36(11-5-8-29(36)42)22-46-35-40-33-27(34(41-35)43-15-7-17-45-18-16-43)21-39-32(31(33)38)26-20-24(44)19-23-9-10-28(37)25(4-2)30(23)26/h9-10,19-21,29,44H,3-8,11-18,22H2,1-2H3. The molecule has 4 aromatic rings. The Balaban J connectivity index is 1.34. The van der Waals surface area contributed by atoms with Gasteiger partial charge in [-0.2, -0.15) is 9.97 Å². The number of fused-ring (bicyclic) bond motifs is 3. The molecule has 4 heterocycles. The molecule has 2 atom stereocenters. The van der Waals surface area contributed by atoms with E-state index < -0.39 is 5.82 Å². The summed E-state index contributed by atoms with van der Waals surface area (Å²) < 4.78 is 44.1. The minimum atomic E-state index is -0.654. The minimum absolute atomic E-state index is 0.000406. The van der Waals surface area contributed by atoms with Crippen LogP contribution in [0.25, 0.3) is 32.9 Å². The van der Waals surface area contributed by atoms with Gasteiger partial charge in [-0.1, -0.05) is 26.3 Å². The number of anilines is 1. The van der Waals surface area contributed by atoms with Gasteiger partial charge < -0.3 is 19.5 Å². The number of piperidine rings is 1. The molecule has 2 aromatic heterocycles. The first-order valence-corrected chi connectivity index (χ1v) is 16.9. The smallest absolute Gasteiger partial charge is 0.319 e. The zero-order chi connectivity index (χ0) is 31.8. The average Bonchev–Trinajstić information content (AvgIpc) is 3.31. The number of halogens is 2. The fraction of sp³-hybridized carbons (Fsp3) is 0.528. The van der Waals surface area contributed by atoms with Crippen molar-refractivity contribution < 1.29 is 23.4 Å². The number of phenols is 1. The van der Waals surface area contributed by atoms with Crippen LogP contribution in [0.1, 0.15) is 64.4 Å². The van der Waals surface area contributed by atoms with Crippen LogP contribution in [-0.2, 0) is 11.2 Å². The summed E-state index contributed by atoms with van der Waals surface area (Å²) in [4.78, 5) is 18.9. The minimum Gasteiger partial charge on any atom is -0.508 e. The summed E-state index contributed by atoms with van der Waals surface area (Å²) >= 11 is 0. The Morgan fingerprint density at radius 1 is 1.04 bits per heavy atom. The van der Waals surface area contributed by atoms with Crippen molar-refractivity contribution in [3.63, 3.8) is 0 Å². The lowest BCUT2D eigenvalue weighted by molar-refractivity contribution is -0.000131. The van der Waals surface area contributed by atoms with E-state index >= 15 is 4.39 Å². The number of hydrogen-bond acceptors (Lipinski definition) is 8. The highest BCUT2D eigenvalue weighted by Crippen LogP contribution is 2.48. The fourth-order valence-corrected chi connectivity index (χ4v) is 8.28. The third-order valence-corrected chi connectivity index (χ3v) is 10.3. The largest absolute Gasteiger partial charge is 0.508 e. The molecular formula is C36H43F2N5O3. The van der Waals surface area contributed by atoms with Crippen molar-refractivity contribution >= 4 is 27.5 Å². The molecule has 1 aliphatic carbocycles. The van der Waals surface area contributed by atoms with Crippen LogP contribution in [0.5, 0.6) is 11.8 Å². The van der Waals surface area contributed by atoms with Gasteiger partial charge in [0.2, 0.25) is 0 Å². The Kier molecular flexibility index (Phi) is 8.67. The van der Waals surface area contributed by atoms with Gasteiger partial charge in [0.25, 0.3) is 0 Å². The SMILES string of the molecule is CCCN1CCCC2(COc3nc(N4CCCOCC4)c4cnc(-c5cc(O)cc6ccc(F)c(CC)c56)c(F)c4n3)CCCC12. The number of likely N-dealkylation sites (tertiary alicyclic amines) is 1. The molecule has 244 valence electrons. The number of ether oxygens (including phenoxy) is 2. The molecule has 3 aliphatic rings. The van der Waals surface area contributed by atoms with Gasteiger partial charge >= 0.3 is 6.01 Å². The Labute approximate surface area is 268 Å². The maximum absolute atomic E-state index is 16.9. The highest BCUT2D eigenvalue weighted by Gasteiger charge is 2.48. The second-order valence-corrected chi connectivity index (χ2v) is 13.1. The summed E-state index contributed by atoms with van der Waals surface area (Å²) in [6.45, 7) is 9.28. The fourth-order valence-electron chi connectivity index (χ4n) is 8.28. The third kappa shape index (κ3) is 5.53. The van der Waals surface area contributed by atoms with E-state index in [9.17, 15) is 9.50 Å². The van der Waals surface area contributed by atoms with Crippen LogP contribution < -0.4 is 9.64 Å². The molecule has 2 saturated heterocycles. The van der Waals surface area contributed by atoms with Gasteiger partial charge in [0.05, 0.1) is 18.6 Å². The van der Waals surface area contributed by atoms with E-state index in [1.165, 1.54) is 25.0 Å². The number of aromatic nitrogens is 3. The first-order chi connectivity index (χ1) is 22.4. The van der Waals surface area contributed by atoms with E-state index in [1.54, 1.807) is 18.3 Å². The molecule has 2 aromatic carbocycles. The predicted octanol–water partition coefficient (Wildman–Crippen LogP) is 7.04. The molecule has 7 rings (SSSR count). The molecule has 8 nitrogen and oxygen atoms in total. The van der Waals surface area contributed by atoms with Crippen molar-refractivity contribution in [3.8, 4) is 23.0 Å². The maximum Gasteiger partial charge on any atom is 0.319 e. The van der Waals surface area contributed by atoms with Gasteiger partial charge in [-0.15, -0.1) is 0 Å². The lowest BCUT2D eigenvalue weighted by Gasteiger charge is -2.46. The highest BCUT2D eigenvalue weighted by molar-refractivity contribution is 6.01. The predicted molar refractivity (Wildman–Crippen MR) is 176 cm³/mol. The number of phenolic OH excluding ortho intramolecular Hbond substituents is 1. The van der Waals surface area contributed by atoms with Crippen molar-refractivity contribution in [2.75, 3.05) is 50.9 Å². The number of aromatic hydroxyl groups is 1. The van der Waals surface area contributed by atoms with Crippen molar-refractivity contribution in [2.45, 2.75) is 71.3 Å². The molecule has 0 spiro atoms. The van der Waals surface area contributed by atoms with Crippen LogP contribution in [0.2, 0.25) is 0 Å². The molecule has 2 aliphatic heterocycles. The van der Waals surface area contributed by atoms with E-state index in [0.717, 1.165) is 45.2 Å². The van der Waals surface area contributed by atoms with Crippen molar-refractivity contribution in [1.82, 2.24) is 19.9 Å². The third-order valence-electron chi connectivity index (χ3n) is 10.3. The van der Waals surface area contributed by atoms with E-state index in [2.05, 4.69) is 21.7 Å². The van der Waals surface area contributed by atoms with E-state index in [0.29, 0.717) is 78.5 Å². The van der Waals surface area contributed by atoms with E-state index in [4.69, 9.17) is 19.4 Å². The molecule has 1 N–H and O–H groups in total. The molecule has 2 unspecified atom stereocenters. The summed E-state index contributed by atoms with van der Waals surface area (Å²) in [7, 11) is 0. The Bertz CT molecular complexity index is 1740. The maximum atomic E-state index is 16.9. The summed E-state index contributed by atoms with van der Waals surface area (Å²) in [6.07, 6.45) is 9.62. The average molecular weight is 632 g/mol. The van der Waals surface area contributed by atoms with Crippen molar-refractivity contribution in [3.05, 3.63) is 47.7 Å². The highest BCUT2D eigenvalue weighted by atomic mass is 19.1. The van der Waals surface area contributed by atoms with Crippen LogP contribution in [0.3, 0.4) is 0 Å². The lowest BCUT2D eigenvalue weighted by atomic mass is 9.75. The normalized spacial score (nSPS) is 22.3. The Morgan fingerprint density at radius 3 is 2.76 bits per heavy atom. The number of hydrogen-bond donors (Lipinski definition) is 1. The molecule has 1 saturated carbocycles. The van der Waals surface area contributed by atoms with Crippen LogP contribution in [-0.4, -0.2) is 77.0 Å². The molecule has 46 heavy (non-hydrogen) atoms. The molecule has 0 amide bonds. The number of pyridine rings is 1. The molecular weight excluding hydrogens is 588 g/mol. The molecule has 0 radical (unpaired) electrons. The quantitative estimate of drug-likeness (QED) is 0.222. The first kappa shape index (κ1) is 31.0. The lowest BCUT2D eigenvalue weighted by Crippen LogP contribution is -2.52. The summed E-state index contributed by atoms with van der Waals surface area (Å²) in [5.74, 6) is -0.513. The van der Waals surface area contributed by atoms with Crippen LogP contribution >= 0.6 is 0 Å². The molecule has 3 fully saturated rings. The summed E-state index contributed by atoms with van der Waals surface area (Å²) in [5, 5.41) is 12.2. The molecule has 0 bridgehead atoms. The zero-order valence-corrected chi connectivity index (χ0v) is 26.8. The topological polar surface area (TPSA) is 83.8 Å². The second-order valence-electron chi connectivity index (χ2n) is 13.1. The van der Waals surface area contributed by atoms with Gasteiger partial charge in [-0.3, -0.25) is 9.88 Å². The number of nitrogens with zero attached hydrogens (tertiary/aromatic N) is 5. The Hall–Kier alpha value is -3.63. The number of benzene rings is 2. The van der Waals surface area contributed by atoms with Crippen LogP contribution in [0.15, 0.2) is 30.5 Å². The van der Waals surface area contributed by atoms with Gasteiger partial charge in [0.15, 0.2) is 5.82 Å². The second kappa shape index (κ2) is 12.9. The van der Waals surface area contributed by atoms with Crippen molar-refractivity contribution in [2.24, 2.45) is 5.41 Å².